The fourth-order valence-electron chi connectivity index (χ4n) is 3.93. The lowest BCUT2D eigenvalue weighted by Crippen LogP contribution is -2.37. The van der Waals surface area contributed by atoms with E-state index in [2.05, 4.69) is 70.7 Å². The summed E-state index contributed by atoms with van der Waals surface area (Å²) in [5.74, 6) is 0.974. The number of carbonyl (C=O) groups is 1. The van der Waals surface area contributed by atoms with Crippen molar-refractivity contribution in [3.05, 3.63) is 58.7 Å². The molecule has 0 bridgehead atoms. The van der Waals surface area contributed by atoms with Gasteiger partial charge in [-0.1, -0.05) is 47.2 Å². The maximum Gasteiger partial charge on any atom is 0.234 e. The van der Waals surface area contributed by atoms with Crippen LogP contribution in [-0.4, -0.2) is 52.7 Å². The molecule has 3 aromatic rings. The van der Waals surface area contributed by atoms with Gasteiger partial charge in [0.1, 0.15) is 0 Å². The van der Waals surface area contributed by atoms with Gasteiger partial charge in [-0.2, -0.15) is 0 Å². The fourth-order valence-corrected chi connectivity index (χ4v) is 4.67. The van der Waals surface area contributed by atoms with Gasteiger partial charge in [0.05, 0.1) is 24.7 Å². The van der Waals surface area contributed by atoms with Crippen LogP contribution in [0.1, 0.15) is 22.3 Å². The molecule has 1 amide bonds. The smallest absolute Gasteiger partial charge is 0.234 e. The molecule has 2 aromatic carbocycles. The number of nitrogens with one attached hydrogen (secondary N) is 1. The minimum atomic E-state index is -0.0589. The molecule has 4 rings (SSSR count). The van der Waals surface area contributed by atoms with Crippen molar-refractivity contribution in [2.45, 2.75) is 32.9 Å². The lowest BCUT2D eigenvalue weighted by atomic mass is 10.1. The molecule has 8 heteroatoms. The van der Waals surface area contributed by atoms with Crippen LogP contribution in [0.5, 0.6) is 0 Å². The molecule has 1 aromatic heterocycles. The van der Waals surface area contributed by atoms with Gasteiger partial charge in [-0.15, -0.1) is 10.2 Å². The van der Waals surface area contributed by atoms with Crippen LogP contribution in [0, 0.1) is 27.7 Å². The second kappa shape index (κ2) is 9.75. The first-order chi connectivity index (χ1) is 15.4. The van der Waals surface area contributed by atoms with Crippen molar-refractivity contribution in [1.29, 1.82) is 0 Å². The molecule has 0 atom stereocenters. The molecule has 0 spiro atoms. The predicted molar refractivity (Wildman–Crippen MR) is 129 cm³/mol. The zero-order valence-corrected chi connectivity index (χ0v) is 19.8. The topological polar surface area (TPSA) is 72.3 Å². The summed E-state index contributed by atoms with van der Waals surface area (Å²) < 4.78 is 7.53. The Hall–Kier alpha value is -2.84. The molecule has 1 saturated heterocycles. The van der Waals surface area contributed by atoms with Crippen molar-refractivity contribution in [2.75, 3.05) is 42.3 Å². The van der Waals surface area contributed by atoms with Crippen molar-refractivity contribution < 1.29 is 9.53 Å². The van der Waals surface area contributed by atoms with E-state index in [0.717, 1.165) is 41.5 Å². The maximum absolute atomic E-state index is 12.8. The second-order valence-electron chi connectivity index (χ2n) is 8.16. The third-order valence-electron chi connectivity index (χ3n) is 5.48. The van der Waals surface area contributed by atoms with Crippen LogP contribution in [0.4, 0.5) is 11.6 Å². The average Bonchev–Trinajstić information content (AvgIpc) is 3.20. The molecule has 0 unspecified atom stereocenters. The molecule has 0 aliphatic carbocycles. The Kier molecular flexibility index (Phi) is 6.81. The highest BCUT2D eigenvalue weighted by Gasteiger charge is 2.22. The number of morpholine rings is 1. The summed E-state index contributed by atoms with van der Waals surface area (Å²) in [6.07, 6.45) is 0. The van der Waals surface area contributed by atoms with Crippen LogP contribution in [0.3, 0.4) is 0 Å². The summed E-state index contributed by atoms with van der Waals surface area (Å²) in [5.41, 5.74) is 6.38. The van der Waals surface area contributed by atoms with Crippen molar-refractivity contribution in [1.82, 2.24) is 14.8 Å². The Labute approximate surface area is 193 Å². The van der Waals surface area contributed by atoms with Crippen LogP contribution >= 0.6 is 11.8 Å². The Morgan fingerprint density at radius 2 is 1.66 bits per heavy atom. The van der Waals surface area contributed by atoms with E-state index in [0.29, 0.717) is 18.4 Å². The van der Waals surface area contributed by atoms with Crippen LogP contribution in [-0.2, 0) is 9.53 Å². The summed E-state index contributed by atoms with van der Waals surface area (Å²) in [5, 5.41) is 12.7. The standard InChI is InChI=1S/C24H29N5O2S/c1-16-5-7-20(8-6-16)29-23(28-9-11-31-12-10-28)26-27-24(29)32-15-21(30)25-22-18(3)13-17(2)14-19(22)4/h5-8,13-14H,9-12,15H2,1-4H3,(H,25,30). The number of anilines is 2. The van der Waals surface area contributed by atoms with E-state index < -0.39 is 0 Å². The number of ether oxygens (including phenoxy) is 1. The number of aryl methyl sites for hydroxylation is 4. The summed E-state index contributed by atoms with van der Waals surface area (Å²) >= 11 is 1.39. The first-order valence-electron chi connectivity index (χ1n) is 10.8. The van der Waals surface area contributed by atoms with Crippen LogP contribution in [0.25, 0.3) is 5.69 Å². The highest BCUT2D eigenvalue weighted by atomic mass is 32.2. The molecular weight excluding hydrogens is 422 g/mol. The van der Waals surface area contributed by atoms with E-state index in [-0.39, 0.29) is 11.7 Å². The minimum Gasteiger partial charge on any atom is -0.378 e. The lowest BCUT2D eigenvalue weighted by Gasteiger charge is -2.28. The highest BCUT2D eigenvalue weighted by molar-refractivity contribution is 7.99. The highest BCUT2D eigenvalue weighted by Crippen LogP contribution is 2.28. The van der Waals surface area contributed by atoms with Gasteiger partial charge in [0.25, 0.3) is 0 Å². The van der Waals surface area contributed by atoms with Crippen LogP contribution in [0.15, 0.2) is 41.6 Å². The monoisotopic (exact) mass is 451 g/mol. The van der Waals surface area contributed by atoms with Gasteiger partial charge in [-0.05, 0) is 51.0 Å². The van der Waals surface area contributed by atoms with E-state index in [1.54, 1.807) is 0 Å². The van der Waals surface area contributed by atoms with E-state index in [1.807, 2.05) is 18.4 Å². The number of benzene rings is 2. The molecule has 1 aliphatic heterocycles. The van der Waals surface area contributed by atoms with Crippen LogP contribution < -0.4 is 10.2 Å². The van der Waals surface area contributed by atoms with E-state index in [9.17, 15) is 4.79 Å². The number of thioether (sulfide) groups is 1. The largest absolute Gasteiger partial charge is 0.378 e. The van der Waals surface area contributed by atoms with Crippen molar-refractivity contribution in [3.63, 3.8) is 0 Å². The first kappa shape index (κ1) is 22.4. The Balaban J connectivity index is 1.55. The van der Waals surface area contributed by atoms with Gasteiger partial charge < -0.3 is 15.0 Å². The molecular formula is C24H29N5O2S. The molecule has 1 aliphatic rings. The van der Waals surface area contributed by atoms with E-state index in [1.165, 1.54) is 22.9 Å². The minimum absolute atomic E-state index is 0.0589. The normalized spacial score (nSPS) is 13.9. The van der Waals surface area contributed by atoms with E-state index in [4.69, 9.17) is 4.74 Å². The average molecular weight is 452 g/mol. The van der Waals surface area contributed by atoms with Gasteiger partial charge >= 0.3 is 0 Å². The molecule has 7 nitrogen and oxygen atoms in total. The molecule has 0 saturated carbocycles. The van der Waals surface area contributed by atoms with Gasteiger partial charge in [-0.25, -0.2) is 0 Å². The van der Waals surface area contributed by atoms with Gasteiger partial charge in [0.15, 0.2) is 5.16 Å². The Morgan fingerprint density at radius 1 is 1.00 bits per heavy atom. The third-order valence-corrected chi connectivity index (χ3v) is 6.41. The molecule has 2 heterocycles. The zero-order chi connectivity index (χ0) is 22.7. The summed E-state index contributed by atoms with van der Waals surface area (Å²) in [7, 11) is 0. The Bertz CT molecular complexity index is 1080. The first-order valence-corrected chi connectivity index (χ1v) is 11.8. The SMILES string of the molecule is Cc1ccc(-n2c(SCC(=O)Nc3c(C)cc(C)cc3C)nnc2N2CCOCC2)cc1. The van der Waals surface area contributed by atoms with Crippen molar-refractivity contribution in [3.8, 4) is 5.69 Å². The molecule has 168 valence electrons. The number of hydrogen-bond acceptors (Lipinski definition) is 6. The van der Waals surface area contributed by atoms with E-state index >= 15 is 0 Å². The quantitative estimate of drug-likeness (QED) is 0.570. The van der Waals surface area contributed by atoms with Gasteiger partial charge in [-0.3, -0.25) is 9.36 Å². The number of amides is 1. The van der Waals surface area contributed by atoms with Gasteiger partial charge in [0.2, 0.25) is 11.9 Å². The number of nitrogens with zero attached hydrogens (tertiary/aromatic N) is 4. The van der Waals surface area contributed by atoms with Gasteiger partial charge in [0, 0.05) is 18.8 Å². The van der Waals surface area contributed by atoms with Crippen molar-refractivity contribution >= 4 is 29.3 Å². The third kappa shape index (κ3) is 4.97. The summed E-state index contributed by atoms with van der Waals surface area (Å²) in [6, 6.07) is 12.4. The Morgan fingerprint density at radius 3 is 2.31 bits per heavy atom. The molecule has 0 radical (unpaired) electrons. The molecule has 1 N–H and O–H groups in total. The number of hydrogen-bond donors (Lipinski definition) is 1. The van der Waals surface area contributed by atoms with Crippen molar-refractivity contribution in [2.24, 2.45) is 0 Å². The predicted octanol–water partition coefficient (Wildman–Crippen LogP) is 4.07. The fraction of sp³-hybridized carbons (Fsp3) is 0.375. The molecule has 1 fully saturated rings. The summed E-state index contributed by atoms with van der Waals surface area (Å²) in [6.45, 7) is 11.0. The summed E-state index contributed by atoms with van der Waals surface area (Å²) in [4.78, 5) is 14.9. The maximum atomic E-state index is 12.8. The molecule has 32 heavy (non-hydrogen) atoms. The number of carbonyl (C=O) groups excluding carboxylic acids is 1. The lowest BCUT2D eigenvalue weighted by molar-refractivity contribution is -0.113. The number of rotatable bonds is 6. The zero-order valence-electron chi connectivity index (χ0n) is 19.0. The number of aromatic nitrogens is 3. The second-order valence-corrected chi connectivity index (χ2v) is 9.11. The van der Waals surface area contributed by atoms with Crippen LogP contribution in [0.2, 0.25) is 0 Å².